The summed E-state index contributed by atoms with van der Waals surface area (Å²) in [5.41, 5.74) is 0.857. The molecule has 2 rings (SSSR count). The van der Waals surface area contributed by atoms with E-state index in [1.54, 1.807) is 26.0 Å². The van der Waals surface area contributed by atoms with Crippen LogP contribution in [0.3, 0.4) is 0 Å². The van der Waals surface area contributed by atoms with Crippen LogP contribution < -0.4 is 9.62 Å². The monoisotopic (exact) mass is 395 g/mol. The van der Waals surface area contributed by atoms with E-state index in [1.807, 2.05) is 0 Å². The first kappa shape index (κ1) is 20.4. The summed E-state index contributed by atoms with van der Waals surface area (Å²) in [5.74, 6) is -0.235. The Balaban J connectivity index is 1.97. The van der Waals surface area contributed by atoms with Crippen molar-refractivity contribution >= 4 is 33.4 Å². The first-order chi connectivity index (χ1) is 12.7. The Bertz CT molecular complexity index is 905. The minimum absolute atomic E-state index is 0.0847. The Morgan fingerprint density at radius 2 is 1.93 bits per heavy atom. The molecule has 1 aromatic carbocycles. The van der Waals surface area contributed by atoms with E-state index < -0.39 is 16.0 Å². The molecule has 0 bridgehead atoms. The van der Waals surface area contributed by atoms with Crippen molar-refractivity contribution in [3.63, 3.8) is 0 Å². The second-order valence-corrected chi connectivity index (χ2v) is 7.63. The van der Waals surface area contributed by atoms with Crippen molar-refractivity contribution in [1.29, 1.82) is 0 Å². The van der Waals surface area contributed by atoms with E-state index in [0.717, 1.165) is 10.6 Å². The molecule has 0 saturated heterocycles. The van der Waals surface area contributed by atoms with Crippen LogP contribution in [0.1, 0.15) is 29.5 Å². The predicted octanol–water partition coefficient (Wildman–Crippen LogP) is 1.95. The van der Waals surface area contributed by atoms with Crippen LogP contribution in [0.5, 0.6) is 0 Å². The summed E-state index contributed by atoms with van der Waals surface area (Å²) in [6.07, 6.45) is 0.946. The molecule has 0 aliphatic rings. The number of amides is 1. The number of anilines is 2. The molecule has 2 aromatic rings. The number of aryl methyl sites for hydroxylation is 1. The van der Waals surface area contributed by atoms with Gasteiger partial charge in [-0.2, -0.15) is 0 Å². The number of sulfonamides is 1. The molecule has 0 radical (unpaired) electrons. The summed E-state index contributed by atoms with van der Waals surface area (Å²) in [4.78, 5) is 23.7. The van der Waals surface area contributed by atoms with Crippen LogP contribution in [0, 0.1) is 6.92 Å². The van der Waals surface area contributed by atoms with Gasteiger partial charge in [0.2, 0.25) is 15.9 Å². The minimum Gasteiger partial charge on any atom is -0.462 e. The lowest BCUT2D eigenvalue weighted by Crippen LogP contribution is -2.33. The summed E-state index contributed by atoms with van der Waals surface area (Å²) in [5, 5.41) is 6.33. The van der Waals surface area contributed by atoms with Gasteiger partial charge in [0.05, 0.1) is 18.4 Å². The third-order valence-corrected chi connectivity index (χ3v) is 4.66. The zero-order chi connectivity index (χ0) is 20.0. The molecule has 0 unspecified atom stereocenters. The highest BCUT2D eigenvalue weighted by Crippen LogP contribution is 2.18. The van der Waals surface area contributed by atoms with Crippen molar-refractivity contribution in [3.05, 3.63) is 41.7 Å². The molecule has 0 spiro atoms. The summed E-state index contributed by atoms with van der Waals surface area (Å²) in [6, 6.07) is 7.69. The Morgan fingerprint density at radius 3 is 2.44 bits per heavy atom. The van der Waals surface area contributed by atoms with Crippen LogP contribution in [0.15, 0.2) is 34.9 Å². The molecule has 0 fully saturated rings. The van der Waals surface area contributed by atoms with Crippen molar-refractivity contribution < 1.29 is 27.3 Å². The van der Waals surface area contributed by atoms with E-state index in [0.29, 0.717) is 17.0 Å². The number of rotatable bonds is 8. The second-order valence-electron chi connectivity index (χ2n) is 5.73. The number of nitrogens with zero attached hydrogens (tertiary/aromatic N) is 2. The third kappa shape index (κ3) is 5.81. The summed E-state index contributed by atoms with van der Waals surface area (Å²) >= 11 is 0. The molecule has 10 heteroatoms. The van der Waals surface area contributed by atoms with E-state index >= 15 is 0 Å². The third-order valence-electron chi connectivity index (χ3n) is 3.49. The minimum atomic E-state index is -3.61. The molecule has 0 atom stereocenters. The van der Waals surface area contributed by atoms with Gasteiger partial charge in [0.25, 0.3) is 0 Å². The Kier molecular flexibility index (Phi) is 6.56. The summed E-state index contributed by atoms with van der Waals surface area (Å²) in [6.45, 7) is 3.55. The lowest BCUT2D eigenvalue weighted by molar-refractivity contribution is -0.116. The Hall–Kier alpha value is -2.88. The van der Waals surface area contributed by atoms with Crippen LogP contribution in [0.2, 0.25) is 0 Å². The smallest absolute Gasteiger partial charge is 0.338 e. The molecule has 0 saturated carbocycles. The average Bonchev–Trinajstić information content (AvgIpc) is 3.00. The van der Waals surface area contributed by atoms with E-state index in [1.165, 1.54) is 18.2 Å². The van der Waals surface area contributed by atoms with E-state index in [-0.39, 0.29) is 31.3 Å². The van der Waals surface area contributed by atoms with Crippen molar-refractivity contribution in [1.82, 2.24) is 5.16 Å². The quantitative estimate of drug-likeness (QED) is 0.679. The fourth-order valence-electron chi connectivity index (χ4n) is 2.25. The van der Waals surface area contributed by atoms with Gasteiger partial charge in [0, 0.05) is 24.7 Å². The maximum Gasteiger partial charge on any atom is 0.338 e. The van der Waals surface area contributed by atoms with Gasteiger partial charge >= 0.3 is 5.97 Å². The van der Waals surface area contributed by atoms with Gasteiger partial charge in [-0.3, -0.25) is 9.10 Å². The van der Waals surface area contributed by atoms with Crippen molar-refractivity contribution in [2.24, 2.45) is 0 Å². The zero-order valence-corrected chi connectivity index (χ0v) is 16.1. The number of ether oxygens (including phenoxy) is 1. The van der Waals surface area contributed by atoms with Gasteiger partial charge in [-0.15, -0.1) is 0 Å². The van der Waals surface area contributed by atoms with Gasteiger partial charge in [0.1, 0.15) is 5.76 Å². The van der Waals surface area contributed by atoms with Gasteiger partial charge in [-0.25, -0.2) is 13.2 Å². The normalized spacial score (nSPS) is 11.1. The maximum absolute atomic E-state index is 12.1. The number of carbonyl (C=O) groups excluding carboxylic acids is 2. The van der Waals surface area contributed by atoms with Gasteiger partial charge < -0.3 is 14.6 Å². The highest BCUT2D eigenvalue weighted by Gasteiger charge is 2.21. The standard InChI is InChI=1S/C17H21N3O6S/c1-4-25-17(22)13-5-7-14(8-6-13)18-16(21)9-10-20(27(3,23)24)15-11-12(2)26-19-15/h5-8,11H,4,9-10H2,1-3H3,(H,18,21). The van der Waals surface area contributed by atoms with E-state index in [2.05, 4.69) is 10.5 Å². The molecular formula is C17H21N3O6S. The number of esters is 1. The van der Waals surface area contributed by atoms with Crippen LogP contribution in [0.4, 0.5) is 11.5 Å². The number of aromatic nitrogens is 1. The molecule has 1 amide bonds. The molecule has 0 aliphatic heterocycles. The average molecular weight is 395 g/mol. The number of nitrogens with one attached hydrogen (secondary N) is 1. The maximum atomic E-state index is 12.1. The number of hydrogen-bond acceptors (Lipinski definition) is 7. The van der Waals surface area contributed by atoms with E-state index in [4.69, 9.17) is 9.26 Å². The second kappa shape index (κ2) is 8.67. The van der Waals surface area contributed by atoms with Crippen LogP contribution in [-0.4, -0.2) is 44.9 Å². The molecule has 0 aliphatic carbocycles. The highest BCUT2D eigenvalue weighted by molar-refractivity contribution is 7.92. The van der Waals surface area contributed by atoms with Crippen molar-refractivity contribution in [3.8, 4) is 0 Å². The fourth-order valence-corrected chi connectivity index (χ4v) is 3.10. The van der Waals surface area contributed by atoms with Crippen LogP contribution >= 0.6 is 0 Å². The lowest BCUT2D eigenvalue weighted by atomic mass is 10.2. The molecule has 9 nitrogen and oxygen atoms in total. The number of benzene rings is 1. The van der Waals surface area contributed by atoms with Gasteiger partial charge in [0.15, 0.2) is 5.82 Å². The SMILES string of the molecule is CCOC(=O)c1ccc(NC(=O)CCN(c2cc(C)on2)S(C)(=O)=O)cc1. The number of carbonyl (C=O) groups is 2. The first-order valence-electron chi connectivity index (χ1n) is 8.18. The molecule has 27 heavy (non-hydrogen) atoms. The summed E-state index contributed by atoms with van der Waals surface area (Å²) < 4.78 is 34.7. The Labute approximate surface area is 157 Å². The molecule has 1 N–H and O–H groups in total. The highest BCUT2D eigenvalue weighted by atomic mass is 32.2. The van der Waals surface area contributed by atoms with E-state index in [9.17, 15) is 18.0 Å². The Morgan fingerprint density at radius 1 is 1.26 bits per heavy atom. The lowest BCUT2D eigenvalue weighted by Gasteiger charge is -2.18. The first-order valence-corrected chi connectivity index (χ1v) is 10.0. The fraction of sp³-hybridized carbons (Fsp3) is 0.353. The summed E-state index contributed by atoms with van der Waals surface area (Å²) in [7, 11) is -3.61. The zero-order valence-electron chi connectivity index (χ0n) is 15.3. The molecule has 146 valence electrons. The van der Waals surface area contributed by atoms with Crippen molar-refractivity contribution in [2.45, 2.75) is 20.3 Å². The predicted molar refractivity (Wildman–Crippen MR) is 99.1 cm³/mol. The van der Waals surface area contributed by atoms with Crippen molar-refractivity contribution in [2.75, 3.05) is 29.0 Å². The molecule has 1 heterocycles. The largest absolute Gasteiger partial charge is 0.462 e. The van der Waals surface area contributed by atoms with Crippen LogP contribution in [0.25, 0.3) is 0 Å². The molecular weight excluding hydrogens is 374 g/mol. The van der Waals surface area contributed by atoms with Crippen LogP contribution in [-0.2, 0) is 19.6 Å². The van der Waals surface area contributed by atoms with Gasteiger partial charge in [-0.1, -0.05) is 5.16 Å². The number of hydrogen-bond donors (Lipinski definition) is 1. The van der Waals surface area contributed by atoms with Gasteiger partial charge in [-0.05, 0) is 38.1 Å². The molecule has 1 aromatic heterocycles. The topological polar surface area (TPSA) is 119 Å².